The lowest BCUT2D eigenvalue weighted by atomic mass is 10.3. The Kier molecular flexibility index (Phi) is 6.72. The fraction of sp³-hybridized carbons (Fsp3) is 0.667. The van der Waals surface area contributed by atoms with Gasteiger partial charge in [-0.25, -0.2) is 4.98 Å². The van der Waals surface area contributed by atoms with E-state index < -0.39 is 0 Å². The number of nitrogen functional groups attached to an aromatic ring is 1. The van der Waals surface area contributed by atoms with Gasteiger partial charge in [-0.3, -0.25) is 4.90 Å². The molecule has 118 valence electrons. The van der Waals surface area contributed by atoms with Crippen molar-refractivity contribution in [2.75, 3.05) is 70.3 Å². The van der Waals surface area contributed by atoms with Crippen LogP contribution >= 0.6 is 0 Å². The molecule has 1 fully saturated rings. The van der Waals surface area contributed by atoms with Crippen LogP contribution in [0.25, 0.3) is 0 Å². The molecule has 0 bridgehead atoms. The van der Waals surface area contributed by atoms with Gasteiger partial charge >= 0.3 is 0 Å². The molecule has 0 radical (unpaired) electrons. The minimum Gasteiger partial charge on any atom is -0.397 e. The fourth-order valence-corrected chi connectivity index (χ4v) is 2.39. The Morgan fingerprint density at radius 1 is 1.14 bits per heavy atom. The molecule has 1 aliphatic heterocycles. The molecule has 6 nitrogen and oxygen atoms in total. The molecule has 6 heteroatoms. The van der Waals surface area contributed by atoms with Crippen LogP contribution in [-0.4, -0.2) is 69.5 Å². The molecule has 21 heavy (non-hydrogen) atoms. The van der Waals surface area contributed by atoms with E-state index in [0.717, 1.165) is 64.8 Å². The zero-order chi connectivity index (χ0) is 14.9. The summed E-state index contributed by atoms with van der Waals surface area (Å²) in [4.78, 5) is 9.11. The van der Waals surface area contributed by atoms with Gasteiger partial charge in [0.25, 0.3) is 0 Å². The summed E-state index contributed by atoms with van der Waals surface area (Å²) in [7, 11) is 1.72. The molecule has 0 spiro atoms. The number of rotatable bonds is 8. The Bertz CT molecular complexity index is 391. The van der Waals surface area contributed by atoms with Crippen molar-refractivity contribution in [3.05, 3.63) is 18.3 Å². The van der Waals surface area contributed by atoms with Crippen LogP contribution in [0.4, 0.5) is 11.5 Å². The second-order valence-corrected chi connectivity index (χ2v) is 5.24. The maximum absolute atomic E-state index is 5.67. The summed E-state index contributed by atoms with van der Waals surface area (Å²) in [5.74, 6) is 1.01. The number of ether oxygens (including phenoxy) is 2. The summed E-state index contributed by atoms with van der Waals surface area (Å²) in [6.07, 6.45) is 2.68. The molecule has 1 aromatic rings. The SMILES string of the molecule is COCCCOCCN1CCN(c2ccc(N)cn2)CC1. The van der Waals surface area contributed by atoms with Gasteiger partial charge in [-0.05, 0) is 18.6 Å². The molecule has 2 N–H and O–H groups in total. The fourth-order valence-electron chi connectivity index (χ4n) is 2.39. The van der Waals surface area contributed by atoms with Crippen molar-refractivity contribution in [3.8, 4) is 0 Å². The largest absolute Gasteiger partial charge is 0.397 e. The standard InChI is InChI=1S/C15H26N4O2/c1-20-10-2-11-21-12-9-18-5-7-19(8-6-18)15-4-3-14(16)13-17-15/h3-4,13H,2,5-12,16H2,1H3. The van der Waals surface area contributed by atoms with Gasteiger partial charge in [0.1, 0.15) is 5.82 Å². The lowest BCUT2D eigenvalue weighted by molar-refractivity contribution is 0.0823. The van der Waals surface area contributed by atoms with Crippen LogP contribution < -0.4 is 10.6 Å². The molecule has 2 rings (SSSR count). The van der Waals surface area contributed by atoms with E-state index in [1.54, 1.807) is 13.3 Å². The number of nitrogens with zero attached hydrogens (tertiary/aromatic N) is 3. The van der Waals surface area contributed by atoms with E-state index in [1.165, 1.54) is 0 Å². The second-order valence-electron chi connectivity index (χ2n) is 5.24. The van der Waals surface area contributed by atoms with E-state index in [1.807, 2.05) is 12.1 Å². The number of piperazine rings is 1. The lowest BCUT2D eigenvalue weighted by Gasteiger charge is -2.35. The molecule has 1 aromatic heterocycles. The smallest absolute Gasteiger partial charge is 0.128 e. The summed E-state index contributed by atoms with van der Waals surface area (Å²) >= 11 is 0. The summed E-state index contributed by atoms with van der Waals surface area (Å²) in [5.41, 5.74) is 6.38. The Morgan fingerprint density at radius 2 is 1.95 bits per heavy atom. The van der Waals surface area contributed by atoms with E-state index in [2.05, 4.69) is 14.8 Å². The molecule has 0 amide bonds. The average molecular weight is 294 g/mol. The third-order valence-corrected chi connectivity index (χ3v) is 3.66. The first-order valence-corrected chi connectivity index (χ1v) is 7.55. The zero-order valence-corrected chi connectivity index (χ0v) is 12.8. The van der Waals surface area contributed by atoms with Gasteiger partial charge in [-0.15, -0.1) is 0 Å². The predicted molar refractivity (Wildman–Crippen MR) is 84.6 cm³/mol. The molecular formula is C15H26N4O2. The van der Waals surface area contributed by atoms with E-state index >= 15 is 0 Å². The highest BCUT2D eigenvalue weighted by Gasteiger charge is 2.17. The number of aromatic nitrogens is 1. The highest BCUT2D eigenvalue weighted by Crippen LogP contribution is 2.14. The quantitative estimate of drug-likeness (QED) is 0.717. The van der Waals surface area contributed by atoms with Gasteiger partial charge in [-0.2, -0.15) is 0 Å². The molecule has 1 saturated heterocycles. The summed E-state index contributed by atoms with van der Waals surface area (Å²) in [5, 5.41) is 0. The van der Waals surface area contributed by atoms with Gasteiger partial charge in [0.2, 0.25) is 0 Å². The second kappa shape index (κ2) is 8.81. The molecular weight excluding hydrogens is 268 g/mol. The zero-order valence-electron chi connectivity index (χ0n) is 12.8. The third-order valence-electron chi connectivity index (χ3n) is 3.66. The minimum absolute atomic E-state index is 0.711. The average Bonchev–Trinajstić information content (AvgIpc) is 2.52. The number of anilines is 2. The lowest BCUT2D eigenvalue weighted by Crippen LogP contribution is -2.47. The Balaban J connectivity index is 1.61. The van der Waals surface area contributed by atoms with Crippen molar-refractivity contribution in [3.63, 3.8) is 0 Å². The molecule has 1 aliphatic rings. The van der Waals surface area contributed by atoms with Crippen molar-refractivity contribution >= 4 is 11.5 Å². The Labute approximate surface area is 126 Å². The van der Waals surface area contributed by atoms with Gasteiger partial charge in [0, 0.05) is 53.0 Å². The Morgan fingerprint density at radius 3 is 2.62 bits per heavy atom. The van der Waals surface area contributed by atoms with Crippen LogP contribution in [0.5, 0.6) is 0 Å². The van der Waals surface area contributed by atoms with Gasteiger partial charge in [0.05, 0.1) is 18.5 Å². The summed E-state index contributed by atoms with van der Waals surface area (Å²) in [6, 6.07) is 3.90. The summed E-state index contributed by atoms with van der Waals surface area (Å²) < 4.78 is 10.6. The Hall–Kier alpha value is -1.37. The van der Waals surface area contributed by atoms with Crippen LogP contribution in [-0.2, 0) is 9.47 Å². The summed E-state index contributed by atoms with van der Waals surface area (Å²) in [6.45, 7) is 7.44. The van der Waals surface area contributed by atoms with Crippen molar-refractivity contribution in [2.45, 2.75) is 6.42 Å². The first kappa shape index (κ1) is 16.0. The number of methoxy groups -OCH3 is 1. The molecule has 2 heterocycles. The molecule has 0 unspecified atom stereocenters. The molecule has 0 saturated carbocycles. The molecule has 0 aliphatic carbocycles. The van der Waals surface area contributed by atoms with Crippen LogP contribution in [0.1, 0.15) is 6.42 Å². The minimum atomic E-state index is 0.711. The van der Waals surface area contributed by atoms with Crippen LogP contribution in [0, 0.1) is 0 Å². The van der Waals surface area contributed by atoms with Crippen molar-refractivity contribution < 1.29 is 9.47 Å². The van der Waals surface area contributed by atoms with Crippen LogP contribution in [0.2, 0.25) is 0 Å². The number of hydrogen-bond donors (Lipinski definition) is 1. The third kappa shape index (κ3) is 5.49. The number of hydrogen-bond acceptors (Lipinski definition) is 6. The van der Waals surface area contributed by atoms with Gasteiger partial charge in [-0.1, -0.05) is 0 Å². The van der Waals surface area contributed by atoms with Gasteiger partial charge < -0.3 is 20.1 Å². The van der Waals surface area contributed by atoms with Crippen LogP contribution in [0.15, 0.2) is 18.3 Å². The van der Waals surface area contributed by atoms with Gasteiger partial charge in [0.15, 0.2) is 0 Å². The number of nitrogens with two attached hydrogens (primary N) is 1. The van der Waals surface area contributed by atoms with Crippen molar-refractivity contribution in [1.82, 2.24) is 9.88 Å². The van der Waals surface area contributed by atoms with E-state index in [9.17, 15) is 0 Å². The normalized spacial score (nSPS) is 16.3. The maximum Gasteiger partial charge on any atom is 0.128 e. The monoisotopic (exact) mass is 294 g/mol. The molecule has 0 atom stereocenters. The van der Waals surface area contributed by atoms with E-state index in [-0.39, 0.29) is 0 Å². The first-order chi connectivity index (χ1) is 10.3. The highest BCUT2D eigenvalue weighted by molar-refractivity contribution is 5.46. The van der Waals surface area contributed by atoms with E-state index in [4.69, 9.17) is 15.2 Å². The predicted octanol–water partition coefficient (Wildman–Crippen LogP) is 0.839. The van der Waals surface area contributed by atoms with Crippen molar-refractivity contribution in [1.29, 1.82) is 0 Å². The van der Waals surface area contributed by atoms with Crippen LogP contribution in [0.3, 0.4) is 0 Å². The highest BCUT2D eigenvalue weighted by atomic mass is 16.5. The number of pyridine rings is 1. The first-order valence-electron chi connectivity index (χ1n) is 7.55. The molecule has 0 aromatic carbocycles. The van der Waals surface area contributed by atoms with E-state index in [0.29, 0.717) is 5.69 Å². The van der Waals surface area contributed by atoms with Crippen molar-refractivity contribution in [2.24, 2.45) is 0 Å². The topological polar surface area (TPSA) is 63.9 Å². The maximum atomic E-state index is 5.67.